The number of rotatable bonds is 5. The second kappa shape index (κ2) is 5.35. The summed E-state index contributed by atoms with van der Waals surface area (Å²) in [6, 6.07) is 2.66. The van der Waals surface area contributed by atoms with E-state index in [1.807, 2.05) is 0 Å². The molecule has 0 aliphatic carbocycles. The molecule has 0 aliphatic rings. The van der Waals surface area contributed by atoms with Gasteiger partial charge in [-0.25, -0.2) is 0 Å². The molecule has 3 heteroatoms. The number of amides is 1. The van der Waals surface area contributed by atoms with E-state index < -0.39 is 8.07 Å². The summed E-state index contributed by atoms with van der Waals surface area (Å²) >= 11 is 0. The van der Waals surface area contributed by atoms with Gasteiger partial charge in [0, 0.05) is 21.5 Å². The zero-order valence-corrected chi connectivity index (χ0v) is 9.74. The van der Waals surface area contributed by atoms with Gasteiger partial charge in [-0.2, -0.15) is 0 Å². The van der Waals surface area contributed by atoms with E-state index in [-0.39, 0.29) is 5.91 Å². The summed E-state index contributed by atoms with van der Waals surface area (Å²) in [5, 5.41) is 2.83. The average Bonchev–Trinajstić information content (AvgIpc) is 1.98. The van der Waals surface area contributed by atoms with E-state index >= 15 is 0 Å². The molecule has 2 nitrogen and oxygen atoms in total. The van der Waals surface area contributed by atoms with E-state index in [4.69, 9.17) is 0 Å². The van der Waals surface area contributed by atoms with Gasteiger partial charge in [0.2, 0.25) is 5.91 Å². The molecule has 0 spiro atoms. The van der Waals surface area contributed by atoms with Crippen LogP contribution in [0.4, 0.5) is 0 Å². The van der Waals surface area contributed by atoms with Crippen molar-refractivity contribution in [2.75, 3.05) is 6.54 Å². The predicted octanol–water partition coefficient (Wildman–Crippen LogP) is 2.24. The van der Waals surface area contributed by atoms with Crippen molar-refractivity contribution in [3.8, 4) is 0 Å². The van der Waals surface area contributed by atoms with Gasteiger partial charge < -0.3 is 5.32 Å². The summed E-state index contributed by atoms with van der Waals surface area (Å²) < 4.78 is 0. The van der Waals surface area contributed by atoms with Crippen LogP contribution in [-0.4, -0.2) is 20.5 Å². The van der Waals surface area contributed by atoms with Crippen molar-refractivity contribution in [2.24, 2.45) is 0 Å². The molecule has 1 N–H and O–H groups in total. The van der Waals surface area contributed by atoms with Crippen LogP contribution in [-0.2, 0) is 4.79 Å². The monoisotopic (exact) mass is 187 g/mol. The second-order valence-electron chi connectivity index (χ2n) is 4.10. The number of carbonyl (C=O) groups excluding carboxylic acids is 1. The number of hydrogen-bond acceptors (Lipinski definition) is 1. The molecular formula is C9H21NOSi. The van der Waals surface area contributed by atoms with Crippen molar-refractivity contribution in [2.45, 2.75) is 45.5 Å². The zero-order chi connectivity index (χ0) is 9.61. The Morgan fingerprint density at radius 2 is 2.00 bits per heavy atom. The van der Waals surface area contributed by atoms with Crippen LogP contribution in [0.1, 0.15) is 20.3 Å². The first kappa shape index (κ1) is 11.7. The first-order valence-corrected chi connectivity index (χ1v) is 8.14. The van der Waals surface area contributed by atoms with Crippen molar-refractivity contribution in [1.82, 2.24) is 5.32 Å². The molecule has 0 saturated heterocycles. The molecule has 0 aliphatic heterocycles. The van der Waals surface area contributed by atoms with Crippen LogP contribution < -0.4 is 5.32 Å². The van der Waals surface area contributed by atoms with Crippen LogP contribution in [0.25, 0.3) is 0 Å². The first-order valence-electron chi connectivity index (χ1n) is 4.72. The average molecular weight is 187 g/mol. The van der Waals surface area contributed by atoms with Crippen LogP contribution in [0.5, 0.6) is 0 Å². The minimum absolute atomic E-state index is 0.0889. The van der Waals surface area contributed by atoms with Gasteiger partial charge in [-0.15, -0.1) is 0 Å². The maximum atomic E-state index is 10.5. The molecule has 0 radical (unpaired) electrons. The van der Waals surface area contributed by atoms with E-state index in [9.17, 15) is 4.79 Å². The van der Waals surface area contributed by atoms with E-state index in [1.165, 1.54) is 12.1 Å². The summed E-state index contributed by atoms with van der Waals surface area (Å²) in [6.07, 6.45) is 1.15. The van der Waals surface area contributed by atoms with Crippen LogP contribution in [0.2, 0.25) is 25.2 Å². The van der Waals surface area contributed by atoms with Gasteiger partial charge in [-0.1, -0.05) is 32.1 Å². The minimum Gasteiger partial charge on any atom is -0.356 e. The second-order valence-corrected chi connectivity index (χ2v) is 9.64. The Balaban J connectivity index is 3.37. The topological polar surface area (TPSA) is 29.1 Å². The van der Waals surface area contributed by atoms with Crippen LogP contribution in [0, 0.1) is 0 Å². The SMILES string of the molecule is CC[Si](C)(C)CCCNC(C)=O. The molecule has 0 bridgehead atoms. The number of carbonyl (C=O) groups is 1. The summed E-state index contributed by atoms with van der Waals surface area (Å²) in [6.45, 7) is 9.50. The lowest BCUT2D eigenvalue weighted by molar-refractivity contribution is -0.118. The van der Waals surface area contributed by atoms with E-state index in [0.717, 1.165) is 13.0 Å². The fourth-order valence-corrected chi connectivity index (χ4v) is 2.50. The Bertz CT molecular complexity index is 145. The van der Waals surface area contributed by atoms with Gasteiger partial charge in [0.15, 0.2) is 0 Å². The maximum Gasteiger partial charge on any atom is 0.216 e. The lowest BCUT2D eigenvalue weighted by Crippen LogP contribution is -2.27. The highest BCUT2D eigenvalue weighted by atomic mass is 28.3. The Morgan fingerprint density at radius 3 is 2.42 bits per heavy atom. The van der Waals surface area contributed by atoms with Gasteiger partial charge in [0.25, 0.3) is 0 Å². The van der Waals surface area contributed by atoms with E-state index in [0.29, 0.717) is 0 Å². The van der Waals surface area contributed by atoms with Gasteiger partial charge in [-0.05, 0) is 6.42 Å². The molecule has 0 aromatic rings. The largest absolute Gasteiger partial charge is 0.356 e. The Morgan fingerprint density at radius 1 is 1.42 bits per heavy atom. The summed E-state index contributed by atoms with van der Waals surface area (Å²) in [5.41, 5.74) is 0. The Hall–Kier alpha value is -0.313. The molecular weight excluding hydrogens is 166 g/mol. The zero-order valence-electron chi connectivity index (χ0n) is 8.74. The van der Waals surface area contributed by atoms with Gasteiger partial charge >= 0.3 is 0 Å². The lowest BCUT2D eigenvalue weighted by atomic mass is 10.5. The van der Waals surface area contributed by atoms with Crippen molar-refractivity contribution < 1.29 is 4.79 Å². The third-order valence-corrected chi connectivity index (χ3v) is 5.98. The molecule has 0 unspecified atom stereocenters. The molecule has 0 rings (SSSR count). The summed E-state index contributed by atoms with van der Waals surface area (Å²) in [7, 11) is -0.901. The van der Waals surface area contributed by atoms with Crippen LogP contribution >= 0.6 is 0 Å². The van der Waals surface area contributed by atoms with Crippen molar-refractivity contribution in [3.63, 3.8) is 0 Å². The fraction of sp³-hybridized carbons (Fsp3) is 0.889. The molecule has 0 heterocycles. The van der Waals surface area contributed by atoms with Crippen molar-refractivity contribution in [1.29, 1.82) is 0 Å². The molecule has 1 amide bonds. The van der Waals surface area contributed by atoms with E-state index in [1.54, 1.807) is 6.92 Å². The summed E-state index contributed by atoms with van der Waals surface area (Å²) in [4.78, 5) is 10.5. The van der Waals surface area contributed by atoms with Crippen molar-refractivity contribution in [3.05, 3.63) is 0 Å². The smallest absolute Gasteiger partial charge is 0.216 e. The summed E-state index contributed by atoms with van der Waals surface area (Å²) in [5.74, 6) is 0.0889. The third-order valence-electron chi connectivity index (χ3n) is 2.36. The highest BCUT2D eigenvalue weighted by Gasteiger charge is 2.16. The molecule has 0 atom stereocenters. The quantitative estimate of drug-likeness (QED) is 0.519. The first-order chi connectivity index (χ1) is 5.48. The molecule has 12 heavy (non-hydrogen) atoms. The Kier molecular flexibility index (Phi) is 5.21. The van der Waals surface area contributed by atoms with Crippen molar-refractivity contribution >= 4 is 14.0 Å². The number of hydrogen-bond donors (Lipinski definition) is 1. The molecule has 0 saturated carbocycles. The highest BCUT2D eigenvalue weighted by molar-refractivity contribution is 6.77. The van der Waals surface area contributed by atoms with Crippen LogP contribution in [0.15, 0.2) is 0 Å². The predicted molar refractivity (Wildman–Crippen MR) is 56.1 cm³/mol. The van der Waals surface area contributed by atoms with E-state index in [2.05, 4.69) is 25.3 Å². The highest BCUT2D eigenvalue weighted by Crippen LogP contribution is 2.15. The molecule has 0 fully saturated rings. The molecule has 0 aromatic carbocycles. The number of nitrogens with one attached hydrogen (secondary N) is 1. The minimum atomic E-state index is -0.901. The van der Waals surface area contributed by atoms with Gasteiger partial charge in [0.1, 0.15) is 0 Å². The third kappa shape index (κ3) is 6.40. The lowest BCUT2D eigenvalue weighted by Gasteiger charge is -2.19. The van der Waals surface area contributed by atoms with Crippen LogP contribution in [0.3, 0.4) is 0 Å². The molecule has 0 aromatic heterocycles. The Labute approximate surface area is 76.8 Å². The molecule has 72 valence electrons. The van der Waals surface area contributed by atoms with Gasteiger partial charge in [0.05, 0.1) is 0 Å². The normalized spacial score (nSPS) is 11.3. The standard InChI is InChI=1S/C9H21NOSi/c1-5-12(3,4)8-6-7-10-9(2)11/h5-8H2,1-4H3,(H,10,11). The fourth-order valence-electron chi connectivity index (χ4n) is 1.01. The van der Waals surface area contributed by atoms with Gasteiger partial charge in [-0.3, -0.25) is 4.79 Å². The maximum absolute atomic E-state index is 10.5.